The first-order chi connectivity index (χ1) is 10.7. The van der Waals surface area contributed by atoms with E-state index in [1.165, 1.54) is 18.9 Å². The molecule has 0 atom stereocenters. The zero-order valence-electron chi connectivity index (χ0n) is 12.3. The van der Waals surface area contributed by atoms with Gasteiger partial charge in [0.1, 0.15) is 18.0 Å². The summed E-state index contributed by atoms with van der Waals surface area (Å²) in [5, 5.41) is 5.37. The molecule has 3 heterocycles. The molecule has 1 aliphatic heterocycles. The lowest BCUT2D eigenvalue weighted by Gasteiger charge is -2.15. The number of anilines is 1. The van der Waals surface area contributed by atoms with Crippen molar-refractivity contribution in [2.45, 2.75) is 19.8 Å². The maximum absolute atomic E-state index is 13.8. The van der Waals surface area contributed by atoms with E-state index in [2.05, 4.69) is 20.0 Å². The van der Waals surface area contributed by atoms with Crippen LogP contribution in [0.1, 0.15) is 18.4 Å². The molecule has 0 amide bonds. The molecule has 0 spiro atoms. The number of aromatic nitrogens is 4. The van der Waals surface area contributed by atoms with Crippen LogP contribution in [0.3, 0.4) is 0 Å². The van der Waals surface area contributed by atoms with E-state index in [-0.39, 0.29) is 5.82 Å². The van der Waals surface area contributed by atoms with E-state index in [1.807, 2.05) is 12.3 Å². The predicted octanol–water partition coefficient (Wildman–Crippen LogP) is 2.86. The van der Waals surface area contributed by atoms with Crippen molar-refractivity contribution < 1.29 is 4.39 Å². The lowest BCUT2D eigenvalue weighted by atomic mass is 10.2. The fraction of sp³-hybridized carbons (Fsp3) is 0.312. The molecule has 5 nitrogen and oxygen atoms in total. The number of hydrogen-bond donors (Lipinski definition) is 0. The van der Waals surface area contributed by atoms with Gasteiger partial charge in [0, 0.05) is 19.3 Å². The van der Waals surface area contributed by atoms with Gasteiger partial charge in [0.15, 0.2) is 5.65 Å². The second kappa shape index (κ2) is 5.05. The van der Waals surface area contributed by atoms with Crippen molar-refractivity contribution >= 4 is 16.9 Å². The van der Waals surface area contributed by atoms with E-state index in [0.29, 0.717) is 16.9 Å². The topological polar surface area (TPSA) is 46.8 Å². The molecule has 0 bridgehead atoms. The van der Waals surface area contributed by atoms with Crippen LogP contribution in [0.2, 0.25) is 0 Å². The number of rotatable bonds is 2. The first-order valence-electron chi connectivity index (χ1n) is 7.44. The number of hydrogen-bond acceptors (Lipinski definition) is 4. The molecule has 0 aliphatic carbocycles. The molecule has 1 aliphatic rings. The molecular formula is C16H16FN5. The summed E-state index contributed by atoms with van der Waals surface area (Å²) in [4.78, 5) is 10.9. The van der Waals surface area contributed by atoms with Crippen LogP contribution in [0.5, 0.6) is 0 Å². The Morgan fingerprint density at radius 3 is 2.73 bits per heavy atom. The minimum Gasteiger partial charge on any atom is -0.356 e. The predicted molar refractivity (Wildman–Crippen MR) is 82.8 cm³/mol. The van der Waals surface area contributed by atoms with Crippen molar-refractivity contribution in [1.82, 2.24) is 19.7 Å². The molecule has 3 aromatic rings. The van der Waals surface area contributed by atoms with Crippen molar-refractivity contribution in [2.24, 2.45) is 0 Å². The van der Waals surface area contributed by atoms with Gasteiger partial charge in [0.05, 0.1) is 11.1 Å². The van der Waals surface area contributed by atoms with Crippen molar-refractivity contribution in [2.75, 3.05) is 18.0 Å². The van der Waals surface area contributed by atoms with Gasteiger partial charge in [-0.1, -0.05) is 6.07 Å². The third-order valence-corrected chi connectivity index (χ3v) is 4.12. The quantitative estimate of drug-likeness (QED) is 0.729. The molecule has 1 aromatic carbocycles. The fourth-order valence-corrected chi connectivity index (χ4v) is 2.86. The van der Waals surface area contributed by atoms with Gasteiger partial charge in [0.25, 0.3) is 0 Å². The number of fused-ring (bicyclic) bond motifs is 1. The van der Waals surface area contributed by atoms with Crippen LogP contribution in [0, 0.1) is 12.7 Å². The van der Waals surface area contributed by atoms with E-state index in [0.717, 1.165) is 24.3 Å². The summed E-state index contributed by atoms with van der Waals surface area (Å²) in [7, 11) is 0. The third kappa shape index (κ3) is 2.11. The molecule has 0 N–H and O–H groups in total. The summed E-state index contributed by atoms with van der Waals surface area (Å²) in [6, 6.07) is 5.10. The Bertz CT molecular complexity index is 836. The second-order valence-corrected chi connectivity index (χ2v) is 5.64. The van der Waals surface area contributed by atoms with Crippen LogP contribution >= 0.6 is 0 Å². The van der Waals surface area contributed by atoms with Crippen molar-refractivity contribution in [3.63, 3.8) is 0 Å². The molecule has 1 fully saturated rings. The smallest absolute Gasteiger partial charge is 0.186 e. The van der Waals surface area contributed by atoms with Gasteiger partial charge in [-0.2, -0.15) is 0 Å². The molecule has 0 radical (unpaired) electrons. The maximum atomic E-state index is 13.8. The van der Waals surface area contributed by atoms with E-state index < -0.39 is 0 Å². The average molecular weight is 297 g/mol. The Kier molecular flexibility index (Phi) is 3.03. The largest absolute Gasteiger partial charge is 0.356 e. The number of nitrogens with zero attached hydrogens (tertiary/aromatic N) is 5. The zero-order chi connectivity index (χ0) is 15.1. The highest BCUT2D eigenvalue weighted by molar-refractivity contribution is 5.86. The Morgan fingerprint density at radius 2 is 1.95 bits per heavy atom. The fourth-order valence-electron chi connectivity index (χ4n) is 2.86. The van der Waals surface area contributed by atoms with Crippen LogP contribution in [0.15, 0.2) is 30.7 Å². The Balaban J connectivity index is 1.83. The molecule has 0 saturated carbocycles. The summed E-state index contributed by atoms with van der Waals surface area (Å²) in [5.74, 6) is 0.684. The number of halogens is 1. The molecule has 2 aromatic heterocycles. The molecule has 112 valence electrons. The molecule has 1 saturated heterocycles. The lowest BCUT2D eigenvalue weighted by Crippen LogP contribution is -2.19. The molecule has 22 heavy (non-hydrogen) atoms. The van der Waals surface area contributed by atoms with Crippen molar-refractivity contribution in [3.05, 3.63) is 42.1 Å². The summed E-state index contributed by atoms with van der Waals surface area (Å²) >= 11 is 0. The van der Waals surface area contributed by atoms with Crippen molar-refractivity contribution in [1.29, 1.82) is 0 Å². The second-order valence-electron chi connectivity index (χ2n) is 5.64. The molecule has 6 heteroatoms. The molecule has 0 unspecified atom stereocenters. The van der Waals surface area contributed by atoms with Gasteiger partial charge < -0.3 is 4.90 Å². The van der Waals surface area contributed by atoms with E-state index >= 15 is 0 Å². The van der Waals surface area contributed by atoms with Crippen LogP contribution < -0.4 is 4.90 Å². The van der Waals surface area contributed by atoms with Gasteiger partial charge in [-0.05, 0) is 37.5 Å². The van der Waals surface area contributed by atoms with Crippen molar-refractivity contribution in [3.8, 4) is 5.69 Å². The normalized spacial score (nSPS) is 14.9. The van der Waals surface area contributed by atoms with E-state index in [4.69, 9.17) is 0 Å². The Labute approximate surface area is 127 Å². The first-order valence-corrected chi connectivity index (χ1v) is 7.44. The van der Waals surface area contributed by atoms with E-state index in [9.17, 15) is 4.39 Å². The molecule has 4 rings (SSSR count). The standard InChI is InChI=1S/C16H16FN5/c1-11-4-5-12(8-14(11)17)22-9-13-15(20-22)18-10-19-16(13)21-6-2-3-7-21/h4-5,8-10H,2-3,6-7H2,1H3. The highest BCUT2D eigenvalue weighted by atomic mass is 19.1. The summed E-state index contributed by atoms with van der Waals surface area (Å²) in [5.41, 5.74) is 1.95. The summed E-state index contributed by atoms with van der Waals surface area (Å²) in [6.45, 7) is 3.77. The van der Waals surface area contributed by atoms with Gasteiger partial charge in [-0.3, -0.25) is 0 Å². The highest BCUT2D eigenvalue weighted by Crippen LogP contribution is 2.26. The van der Waals surface area contributed by atoms with Gasteiger partial charge in [0.2, 0.25) is 0 Å². The summed E-state index contributed by atoms with van der Waals surface area (Å²) < 4.78 is 15.4. The monoisotopic (exact) mass is 297 g/mol. The number of aryl methyl sites for hydroxylation is 1. The van der Waals surface area contributed by atoms with Gasteiger partial charge in [-0.15, -0.1) is 5.10 Å². The molecular weight excluding hydrogens is 281 g/mol. The van der Waals surface area contributed by atoms with Crippen LogP contribution in [0.4, 0.5) is 10.2 Å². The Morgan fingerprint density at radius 1 is 1.14 bits per heavy atom. The maximum Gasteiger partial charge on any atom is 0.186 e. The van der Waals surface area contributed by atoms with Crippen LogP contribution in [0.25, 0.3) is 16.7 Å². The van der Waals surface area contributed by atoms with Crippen LogP contribution in [-0.2, 0) is 0 Å². The van der Waals surface area contributed by atoms with Gasteiger partial charge in [-0.25, -0.2) is 19.0 Å². The summed E-state index contributed by atoms with van der Waals surface area (Å²) in [6.07, 6.45) is 5.79. The average Bonchev–Trinajstić information content (AvgIpc) is 3.18. The third-order valence-electron chi connectivity index (χ3n) is 4.12. The highest BCUT2D eigenvalue weighted by Gasteiger charge is 2.18. The minimum atomic E-state index is -0.233. The first kappa shape index (κ1) is 13.2. The zero-order valence-corrected chi connectivity index (χ0v) is 12.3. The lowest BCUT2D eigenvalue weighted by molar-refractivity contribution is 0.616. The van der Waals surface area contributed by atoms with E-state index in [1.54, 1.807) is 24.0 Å². The Hall–Kier alpha value is -2.50. The number of benzene rings is 1. The minimum absolute atomic E-state index is 0.233. The van der Waals surface area contributed by atoms with Crippen LogP contribution in [-0.4, -0.2) is 32.8 Å². The SMILES string of the molecule is Cc1ccc(-n2cc3c(N4CCCC4)ncnc3n2)cc1F. The van der Waals surface area contributed by atoms with Gasteiger partial charge >= 0.3 is 0 Å².